The molecule has 0 spiro atoms. The van der Waals surface area contributed by atoms with Crippen LogP contribution in [0, 0.1) is 12.8 Å². The molecular weight excluding hydrogens is 732 g/mol. The van der Waals surface area contributed by atoms with Crippen molar-refractivity contribution in [3.8, 4) is 0 Å². The van der Waals surface area contributed by atoms with E-state index in [1.54, 1.807) is 49.4 Å². The lowest BCUT2D eigenvalue weighted by Crippen LogP contribution is -2.35. The van der Waals surface area contributed by atoms with Gasteiger partial charge < -0.3 is 54.6 Å². The van der Waals surface area contributed by atoms with Gasteiger partial charge in [0.2, 0.25) is 11.8 Å². The van der Waals surface area contributed by atoms with Gasteiger partial charge in [0.05, 0.1) is 79.1 Å². The Balaban J connectivity index is 1.25. The van der Waals surface area contributed by atoms with E-state index in [2.05, 4.69) is 36.0 Å². The Bertz CT molecular complexity index is 1610. The molecule has 56 heavy (non-hydrogen) atoms. The number of esters is 1. The summed E-state index contributed by atoms with van der Waals surface area (Å²) in [5, 5.41) is 14.6. The highest BCUT2D eigenvalue weighted by atomic mass is 16.6. The number of azide groups is 1. The molecule has 1 heterocycles. The van der Waals surface area contributed by atoms with Gasteiger partial charge in [-0.3, -0.25) is 19.2 Å². The van der Waals surface area contributed by atoms with Crippen LogP contribution in [0.1, 0.15) is 34.3 Å². The van der Waals surface area contributed by atoms with E-state index in [9.17, 15) is 24.0 Å². The van der Waals surface area contributed by atoms with Crippen LogP contribution in [0.3, 0.4) is 0 Å². The number of carbonyl (C=O) groups is 5. The minimum absolute atomic E-state index is 0.181. The zero-order chi connectivity index (χ0) is 40.4. The zero-order valence-corrected chi connectivity index (χ0v) is 31.9. The van der Waals surface area contributed by atoms with Crippen molar-refractivity contribution in [2.75, 3.05) is 110 Å². The van der Waals surface area contributed by atoms with Crippen LogP contribution in [0.15, 0.2) is 47.6 Å². The molecule has 2 aromatic rings. The van der Waals surface area contributed by atoms with Crippen molar-refractivity contribution < 1.29 is 52.4 Å². The van der Waals surface area contributed by atoms with Crippen molar-refractivity contribution in [3.63, 3.8) is 0 Å². The van der Waals surface area contributed by atoms with Gasteiger partial charge >= 0.3 is 12.0 Å². The lowest BCUT2D eigenvalue weighted by molar-refractivity contribution is -0.146. The molecule has 4 N–H and O–H groups in total. The van der Waals surface area contributed by atoms with Crippen LogP contribution in [0.4, 0.5) is 16.2 Å². The molecule has 1 fully saturated rings. The Hall–Kier alpha value is -5.30. The summed E-state index contributed by atoms with van der Waals surface area (Å²) < 4.78 is 31.6. The lowest BCUT2D eigenvalue weighted by atomic mass is 10.1. The van der Waals surface area contributed by atoms with E-state index in [0.717, 1.165) is 5.56 Å². The van der Waals surface area contributed by atoms with Crippen LogP contribution in [0.2, 0.25) is 0 Å². The van der Waals surface area contributed by atoms with Crippen LogP contribution in [0.5, 0.6) is 0 Å². The highest BCUT2D eigenvalue weighted by Crippen LogP contribution is 2.20. The topological polar surface area (TPSA) is 241 Å². The van der Waals surface area contributed by atoms with Crippen molar-refractivity contribution >= 4 is 41.1 Å². The van der Waals surface area contributed by atoms with Gasteiger partial charge in [-0.1, -0.05) is 23.3 Å². The summed E-state index contributed by atoms with van der Waals surface area (Å²) >= 11 is 0. The average Bonchev–Trinajstić information content (AvgIpc) is 3.70. The second kappa shape index (κ2) is 26.5. The summed E-state index contributed by atoms with van der Waals surface area (Å²) in [5.74, 6) is -1.81. The quantitative estimate of drug-likeness (QED) is 0.0270. The fourth-order valence-electron chi connectivity index (χ4n) is 5.31. The van der Waals surface area contributed by atoms with Gasteiger partial charge in [-0.05, 0) is 54.3 Å². The van der Waals surface area contributed by atoms with Gasteiger partial charge in [-0.2, -0.15) is 0 Å². The molecule has 0 radical (unpaired) electrons. The predicted octanol–water partition coefficient (Wildman–Crippen LogP) is 2.79. The summed E-state index contributed by atoms with van der Waals surface area (Å²) in [4.78, 5) is 66.0. The minimum atomic E-state index is -0.610. The maximum atomic E-state index is 12.8. The Morgan fingerprint density at radius 1 is 0.821 bits per heavy atom. The molecule has 2 aromatic carbocycles. The number of methoxy groups -OCH3 is 1. The van der Waals surface area contributed by atoms with Crippen molar-refractivity contribution in [2.45, 2.75) is 26.3 Å². The third-order valence-electron chi connectivity index (χ3n) is 8.36. The Labute approximate surface area is 325 Å². The second-order valence-corrected chi connectivity index (χ2v) is 12.3. The van der Waals surface area contributed by atoms with Crippen LogP contribution in [-0.2, 0) is 49.3 Å². The monoisotopic (exact) mass is 784 g/mol. The number of likely N-dealkylation sites (tertiary alicyclic amines) is 1. The van der Waals surface area contributed by atoms with Crippen molar-refractivity contribution in [1.82, 2.24) is 15.5 Å². The SMILES string of the molecule is COC(=O)CC(=O)N1CC[C@H](C(=O)NCc2ccc(NC(=O)Nc3cccc(C(=O)NCCOCCOCCOCCOCCOCCN=[N+]=[N-])c3C)cc2)C1. The summed E-state index contributed by atoms with van der Waals surface area (Å²) in [5.41, 5.74) is 11.0. The standard InChI is InChI=1S/C37H52N8O11/c1-27-31(36(49)39-11-14-52-16-18-54-20-22-56-23-21-55-19-17-53-15-12-41-44-38)4-3-5-32(27)43-37(50)42-30-8-6-28(7-9-30)25-40-35(48)29-10-13-45(26-29)33(46)24-34(47)51-2/h3-9,29H,10-26H2,1-2H3,(H,39,49)(H,40,48)(H2,42,43,50)/t29-/m0/s1. The first-order valence-corrected chi connectivity index (χ1v) is 18.3. The molecule has 1 aliphatic rings. The van der Waals surface area contributed by atoms with Crippen molar-refractivity contribution in [3.05, 3.63) is 69.6 Å². The third-order valence-corrected chi connectivity index (χ3v) is 8.36. The van der Waals surface area contributed by atoms with Gasteiger partial charge in [0.1, 0.15) is 6.42 Å². The average molecular weight is 785 g/mol. The normalized spacial score (nSPS) is 13.4. The number of amides is 5. The van der Waals surface area contributed by atoms with E-state index in [-0.39, 0.29) is 49.7 Å². The van der Waals surface area contributed by atoms with Crippen LogP contribution < -0.4 is 21.3 Å². The minimum Gasteiger partial charge on any atom is -0.469 e. The lowest BCUT2D eigenvalue weighted by Gasteiger charge is -2.16. The number of urea groups is 1. The molecule has 306 valence electrons. The van der Waals surface area contributed by atoms with E-state index in [1.807, 2.05) is 0 Å². The predicted molar refractivity (Wildman–Crippen MR) is 204 cm³/mol. The maximum absolute atomic E-state index is 12.8. The molecule has 19 nitrogen and oxygen atoms in total. The number of rotatable bonds is 26. The smallest absolute Gasteiger partial charge is 0.323 e. The first-order valence-electron chi connectivity index (χ1n) is 18.3. The van der Waals surface area contributed by atoms with E-state index in [1.165, 1.54) is 12.0 Å². The number of benzene rings is 2. The number of hydrogen-bond donors (Lipinski definition) is 4. The van der Waals surface area contributed by atoms with Crippen LogP contribution in [0.25, 0.3) is 10.4 Å². The number of carbonyl (C=O) groups excluding carboxylic acids is 5. The van der Waals surface area contributed by atoms with E-state index >= 15 is 0 Å². The zero-order valence-electron chi connectivity index (χ0n) is 31.9. The molecule has 3 rings (SSSR count). The molecular formula is C37H52N8O11. The first kappa shape index (κ1) is 45.1. The molecule has 5 amide bonds. The van der Waals surface area contributed by atoms with Gasteiger partial charge in [-0.25, -0.2) is 4.79 Å². The molecule has 0 aliphatic carbocycles. The summed E-state index contributed by atoms with van der Waals surface area (Å²) in [7, 11) is 1.22. The Kier molecular flexibility index (Phi) is 21.3. The third kappa shape index (κ3) is 17.4. The largest absolute Gasteiger partial charge is 0.469 e. The number of ether oxygens (including phenoxy) is 6. The van der Waals surface area contributed by atoms with E-state index in [0.29, 0.717) is 108 Å². The summed E-state index contributed by atoms with van der Waals surface area (Å²) in [6.45, 7) is 7.19. The number of nitrogens with zero attached hydrogens (tertiary/aromatic N) is 4. The number of hydrogen-bond acceptors (Lipinski definition) is 12. The molecule has 1 aliphatic heterocycles. The van der Waals surface area contributed by atoms with Crippen molar-refractivity contribution in [2.24, 2.45) is 11.0 Å². The second-order valence-electron chi connectivity index (χ2n) is 12.3. The Morgan fingerprint density at radius 3 is 2.07 bits per heavy atom. The fraction of sp³-hybridized carbons (Fsp3) is 0.541. The Morgan fingerprint density at radius 2 is 1.45 bits per heavy atom. The summed E-state index contributed by atoms with van der Waals surface area (Å²) in [6.07, 6.45) is 0.165. The van der Waals surface area contributed by atoms with Crippen molar-refractivity contribution in [1.29, 1.82) is 0 Å². The molecule has 1 atom stereocenters. The number of anilines is 2. The van der Waals surface area contributed by atoms with Crippen LogP contribution >= 0.6 is 0 Å². The van der Waals surface area contributed by atoms with E-state index in [4.69, 9.17) is 29.2 Å². The highest BCUT2D eigenvalue weighted by Gasteiger charge is 2.31. The van der Waals surface area contributed by atoms with E-state index < -0.39 is 12.0 Å². The van der Waals surface area contributed by atoms with Gasteiger partial charge in [0.25, 0.3) is 5.91 Å². The van der Waals surface area contributed by atoms with Gasteiger partial charge in [0, 0.05) is 54.6 Å². The molecule has 19 heteroatoms. The molecule has 0 saturated carbocycles. The van der Waals surface area contributed by atoms with Crippen LogP contribution in [-0.4, -0.2) is 134 Å². The highest BCUT2D eigenvalue weighted by molar-refractivity contribution is 6.02. The molecule has 0 bridgehead atoms. The number of nitrogens with one attached hydrogen (secondary N) is 4. The molecule has 0 aromatic heterocycles. The molecule has 1 saturated heterocycles. The maximum Gasteiger partial charge on any atom is 0.323 e. The summed E-state index contributed by atoms with van der Waals surface area (Å²) in [6, 6.07) is 11.5. The fourth-order valence-corrected chi connectivity index (χ4v) is 5.31. The molecule has 0 unspecified atom stereocenters. The first-order chi connectivity index (χ1) is 27.2. The van der Waals surface area contributed by atoms with Gasteiger partial charge in [0.15, 0.2) is 0 Å². The van der Waals surface area contributed by atoms with Gasteiger partial charge in [-0.15, -0.1) is 0 Å².